The molecule has 2 unspecified atom stereocenters. The fourth-order valence-electron chi connectivity index (χ4n) is 3.29. The maximum Gasteiger partial charge on any atom is 0.241 e. The molecule has 1 fully saturated rings. The molecule has 0 spiro atoms. The van der Waals surface area contributed by atoms with Crippen molar-refractivity contribution in [3.05, 3.63) is 0 Å². The van der Waals surface area contributed by atoms with E-state index >= 15 is 0 Å². The van der Waals surface area contributed by atoms with Crippen LogP contribution in [0.5, 0.6) is 0 Å². The van der Waals surface area contributed by atoms with Gasteiger partial charge in [-0.15, -0.1) is 0 Å². The van der Waals surface area contributed by atoms with Crippen LogP contribution in [0.2, 0.25) is 0 Å². The zero-order valence-electron chi connectivity index (χ0n) is 17.4. The van der Waals surface area contributed by atoms with Crippen molar-refractivity contribution in [1.29, 1.82) is 0 Å². The molecule has 0 radical (unpaired) electrons. The Morgan fingerprint density at radius 1 is 0.963 bits per heavy atom. The van der Waals surface area contributed by atoms with Gasteiger partial charge in [0.2, 0.25) is 21.8 Å². The lowest BCUT2D eigenvalue weighted by Gasteiger charge is -2.37. The minimum Gasteiger partial charge on any atom is -0.339 e. The van der Waals surface area contributed by atoms with Gasteiger partial charge in [-0.3, -0.25) is 9.59 Å². The highest BCUT2D eigenvalue weighted by molar-refractivity contribution is 7.88. The Balaban J connectivity index is 2.51. The van der Waals surface area contributed by atoms with E-state index in [0.29, 0.717) is 39.0 Å². The molecule has 7 nitrogen and oxygen atoms in total. The summed E-state index contributed by atoms with van der Waals surface area (Å²) in [5.41, 5.74) is 0. The summed E-state index contributed by atoms with van der Waals surface area (Å²) in [6, 6.07) is -0.745. The van der Waals surface area contributed by atoms with Crippen LogP contribution in [0.25, 0.3) is 0 Å². The second-order valence-electron chi connectivity index (χ2n) is 7.62. The van der Waals surface area contributed by atoms with E-state index in [1.54, 1.807) is 4.90 Å². The lowest BCUT2D eigenvalue weighted by atomic mass is 9.98. The first-order valence-electron chi connectivity index (χ1n) is 10.2. The number of carbonyl (C=O) groups excluding carboxylic acids is 2. The summed E-state index contributed by atoms with van der Waals surface area (Å²) in [6.07, 6.45) is 7.95. The van der Waals surface area contributed by atoms with Crippen molar-refractivity contribution in [3.63, 3.8) is 0 Å². The van der Waals surface area contributed by atoms with Gasteiger partial charge in [0.15, 0.2) is 0 Å². The number of nitrogens with zero attached hydrogens (tertiary/aromatic N) is 2. The van der Waals surface area contributed by atoms with Crippen molar-refractivity contribution in [3.8, 4) is 0 Å². The Morgan fingerprint density at radius 2 is 1.52 bits per heavy atom. The molecule has 0 aromatic rings. The van der Waals surface area contributed by atoms with Gasteiger partial charge in [-0.2, -0.15) is 0 Å². The molecule has 158 valence electrons. The number of hydrogen-bond acceptors (Lipinski definition) is 4. The van der Waals surface area contributed by atoms with Crippen LogP contribution in [0.4, 0.5) is 0 Å². The number of carbonyl (C=O) groups is 2. The Bertz CT molecular complexity index is 572. The molecule has 0 saturated carbocycles. The Kier molecular flexibility index (Phi) is 10.3. The largest absolute Gasteiger partial charge is 0.339 e. The second-order valence-corrected chi connectivity index (χ2v) is 9.40. The summed E-state index contributed by atoms with van der Waals surface area (Å²) in [7, 11) is -3.47. The highest BCUT2D eigenvalue weighted by Gasteiger charge is 2.33. The van der Waals surface area contributed by atoms with Crippen LogP contribution in [0, 0.1) is 5.92 Å². The van der Waals surface area contributed by atoms with Crippen molar-refractivity contribution in [1.82, 2.24) is 14.5 Å². The van der Waals surface area contributed by atoms with Gasteiger partial charge < -0.3 is 9.80 Å². The molecule has 1 saturated heterocycles. The number of rotatable bonds is 11. The van der Waals surface area contributed by atoms with Gasteiger partial charge in [0.05, 0.1) is 6.26 Å². The minimum atomic E-state index is -3.47. The van der Waals surface area contributed by atoms with Crippen molar-refractivity contribution in [2.75, 3.05) is 32.4 Å². The monoisotopic (exact) mass is 403 g/mol. The molecule has 2 atom stereocenters. The minimum absolute atomic E-state index is 0.0880. The van der Waals surface area contributed by atoms with E-state index in [4.69, 9.17) is 0 Å². The van der Waals surface area contributed by atoms with Crippen LogP contribution in [0.1, 0.15) is 65.7 Å². The number of unbranched alkanes of at least 4 members (excludes halogenated alkanes) is 4. The van der Waals surface area contributed by atoms with Crippen LogP contribution in [-0.2, 0) is 19.6 Å². The van der Waals surface area contributed by atoms with Crippen molar-refractivity contribution in [2.45, 2.75) is 71.8 Å². The van der Waals surface area contributed by atoms with Crippen LogP contribution >= 0.6 is 0 Å². The number of hydrogen-bond donors (Lipinski definition) is 1. The first kappa shape index (κ1) is 23.9. The Morgan fingerprint density at radius 3 is 2.04 bits per heavy atom. The van der Waals surface area contributed by atoms with Gasteiger partial charge in [-0.1, -0.05) is 52.9 Å². The maximum atomic E-state index is 12.8. The summed E-state index contributed by atoms with van der Waals surface area (Å²) in [5, 5.41) is 0. The Hall–Kier alpha value is -1.15. The fourth-order valence-corrected chi connectivity index (χ4v) is 4.08. The summed E-state index contributed by atoms with van der Waals surface area (Å²) >= 11 is 0. The molecule has 0 aliphatic carbocycles. The first-order chi connectivity index (χ1) is 12.7. The summed E-state index contributed by atoms with van der Waals surface area (Å²) in [5.74, 6) is -0.122. The third-order valence-corrected chi connectivity index (χ3v) is 5.94. The first-order valence-corrected chi connectivity index (χ1v) is 12.1. The second kappa shape index (κ2) is 11.6. The van der Waals surface area contributed by atoms with E-state index in [-0.39, 0.29) is 17.7 Å². The fraction of sp³-hybridized carbons (Fsp3) is 0.895. The number of sulfonamides is 1. The molecular weight excluding hydrogens is 366 g/mol. The van der Waals surface area contributed by atoms with E-state index < -0.39 is 16.1 Å². The standard InChI is InChI=1S/C19H37N3O4S/c1-5-7-8-9-10-11-17(23)21-12-14-22(15-13-21)19(24)18(16(3)6-2)20-27(4,25)26/h16,18,20H,5-15H2,1-4H3. The van der Waals surface area contributed by atoms with Gasteiger partial charge >= 0.3 is 0 Å². The predicted molar refractivity (Wildman–Crippen MR) is 108 cm³/mol. The van der Waals surface area contributed by atoms with Crippen LogP contribution in [-0.4, -0.2) is 68.5 Å². The average Bonchev–Trinajstić information content (AvgIpc) is 2.64. The predicted octanol–water partition coefficient (Wildman–Crippen LogP) is 1.98. The SMILES string of the molecule is CCCCCCCC(=O)N1CCN(C(=O)C(NS(C)(=O)=O)C(C)CC)CC1. The quantitative estimate of drug-likeness (QED) is 0.535. The number of piperazine rings is 1. The van der Waals surface area contributed by atoms with E-state index in [0.717, 1.165) is 19.1 Å². The normalized spacial score (nSPS) is 17.6. The maximum absolute atomic E-state index is 12.8. The summed E-state index contributed by atoms with van der Waals surface area (Å²) in [6.45, 7) is 7.93. The third kappa shape index (κ3) is 8.60. The molecule has 8 heteroatoms. The topological polar surface area (TPSA) is 86.8 Å². The Labute approximate surface area is 164 Å². The highest BCUT2D eigenvalue weighted by Crippen LogP contribution is 2.15. The van der Waals surface area contributed by atoms with Gasteiger partial charge in [0.1, 0.15) is 6.04 Å². The van der Waals surface area contributed by atoms with Gasteiger partial charge in [-0.05, 0) is 12.3 Å². The molecule has 1 N–H and O–H groups in total. The third-order valence-electron chi connectivity index (χ3n) is 5.26. The smallest absolute Gasteiger partial charge is 0.241 e. The van der Waals surface area contributed by atoms with Gasteiger partial charge in [0.25, 0.3) is 0 Å². The summed E-state index contributed by atoms with van der Waals surface area (Å²) in [4.78, 5) is 28.6. The van der Waals surface area contributed by atoms with Crippen LogP contribution < -0.4 is 4.72 Å². The van der Waals surface area contributed by atoms with E-state index in [1.807, 2.05) is 18.7 Å². The van der Waals surface area contributed by atoms with Crippen molar-refractivity contribution in [2.24, 2.45) is 5.92 Å². The number of amides is 2. The van der Waals surface area contributed by atoms with E-state index in [1.165, 1.54) is 19.3 Å². The molecule has 27 heavy (non-hydrogen) atoms. The average molecular weight is 404 g/mol. The molecule has 1 aliphatic rings. The molecule has 0 aromatic heterocycles. The van der Waals surface area contributed by atoms with Crippen molar-refractivity contribution >= 4 is 21.8 Å². The molecular formula is C19H37N3O4S. The lowest BCUT2D eigenvalue weighted by molar-refractivity contribution is -0.141. The molecule has 1 heterocycles. The van der Waals surface area contributed by atoms with E-state index in [2.05, 4.69) is 11.6 Å². The highest BCUT2D eigenvalue weighted by atomic mass is 32.2. The zero-order chi connectivity index (χ0) is 20.4. The molecule has 2 amide bonds. The zero-order valence-corrected chi connectivity index (χ0v) is 18.2. The van der Waals surface area contributed by atoms with Crippen molar-refractivity contribution < 1.29 is 18.0 Å². The number of nitrogens with one attached hydrogen (secondary N) is 1. The molecule has 1 rings (SSSR count). The van der Waals surface area contributed by atoms with E-state index in [9.17, 15) is 18.0 Å². The molecule has 0 aromatic carbocycles. The molecule has 1 aliphatic heterocycles. The van der Waals surface area contributed by atoms with Crippen LogP contribution in [0.15, 0.2) is 0 Å². The summed E-state index contributed by atoms with van der Waals surface area (Å²) < 4.78 is 25.7. The molecule has 0 bridgehead atoms. The van der Waals surface area contributed by atoms with Gasteiger partial charge in [0, 0.05) is 32.6 Å². The van der Waals surface area contributed by atoms with Gasteiger partial charge in [-0.25, -0.2) is 13.1 Å². The van der Waals surface area contributed by atoms with Crippen LogP contribution in [0.3, 0.4) is 0 Å². The lowest BCUT2D eigenvalue weighted by Crippen LogP contribution is -2.57.